The molecule has 1 N–H and O–H groups in total. The maximum Gasteiger partial charge on any atom is 0.242 e. The molecule has 0 radical (unpaired) electrons. The van der Waals surface area contributed by atoms with Crippen molar-refractivity contribution in [2.24, 2.45) is 0 Å². The molecular formula is C19H20ClN3O2S. The Morgan fingerprint density at radius 1 is 1.04 bits per heavy atom. The van der Waals surface area contributed by atoms with E-state index in [0.29, 0.717) is 6.54 Å². The summed E-state index contributed by atoms with van der Waals surface area (Å²) < 4.78 is 29.6. The SMILES string of the molecule is Cc1nn(Cc2ccccc2)c(C)c1CNS(=O)(=O)c1ccccc1Cl. The second kappa shape index (κ2) is 7.61. The first-order valence-electron chi connectivity index (χ1n) is 8.19. The minimum absolute atomic E-state index is 0.0775. The number of sulfonamides is 1. The Labute approximate surface area is 158 Å². The summed E-state index contributed by atoms with van der Waals surface area (Å²) in [4.78, 5) is 0.0775. The second-order valence-corrected chi connectivity index (χ2v) is 8.19. The molecule has 0 saturated heterocycles. The van der Waals surface area contributed by atoms with Crippen LogP contribution in [0.25, 0.3) is 0 Å². The molecule has 0 saturated carbocycles. The second-order valence-electron chi connectivity index (χ2n) is 6.05. The number of hydrogen-bond acceptors (Lipinski definition) is 3. The third kappa shape index (κ3) is 3.98. The highest BCUT2D eigenvalue weighted by Gasteiger charge is 2.19. The Balaban J connectivity index is 1.80. The van der Waals surface area contributed by atoms with Crippen molar-refractivity contribution in [2.45, 2.75) is 31.8 Å². The molecule has 1 aromatic heterocycles. The first-order chi connectivity index (χ1) is 12.4. The zero-order chi connectivity index (χ0) is 18.7. The van der Waals surface area contributed by atoms with E-state index < -0.39 is 10.0 Å². The molecule has 0 aliphatic carbocycles. The van der Waals surface area contributed by atoms with E-state index in [1.54, 1.807) is 18.2 Å². The summed E-state index contributed by atoms with van der Waals surface area (Å²) in [5, 5.41) is 4.75. The van der Waals surface area contributed by atoms with Gasteiger partial charge in [-0.2, -0.15) is 5.10 Å². The van der Waals surface area contributed by atoms with Crippen LogP contribution in [0.1, 0.15) is 22.5 Å². The molecule has 3 rings (SSSR count). The largest absolute Gasteiger partial charge is 0.265 e. The number of halogens is 1. The van der Waals surface area contributed by atoms with Crippen LogP contribution in [0, 0.1) is 13.8 Å². The van der Waals surface area contributed by atoms with Crippen LogP contribution in [-0.4, -0.2) is 18.2 Å². The van der Waals surface area contributed by atoms with E-state index in [-0.39, 0.29) is 16.5 Å². The standard InChI is InChI=1S/C19H20ClN3O2S/c1-14-17(12-21-26(24,25)19-11-7-6-10-18(19)20)15(2)23(22-14)13-16-8-4-3-5-9-16/h3-11,21H,12-13H2,1-2H3. The number of nitrogens with one attached hydrogen (secondary N) is 1. The quantitative estimate of drug-likeness (QED) is 0.699. The maximum absolute atomic E-state index is 12.5. The molecular weight excluding hydrogens is 370 g/mol. The summed E-state index contributed by atoms with van der Waals surface area (Å²) in [7, 11) is -3.69. The van der Waals surface area contributed by atoms with Crippen molar-refractivity contribution in [2.75, 3.05) is 0 Å². The van der Waals surface area contributed by atoms with Crippen molar-refractivity contribution < 1.29 is 8.42 Å². The fourth-order valence-electron chi connectivity index (χ4n) is 2.81. The molecule has 0 amide bonds. The first kappa shape index (κ1) is 18.6. The van der Waals surface area contributed by atoms with Crippen LogP contribution in [0.15, 0.2) is 59.5 Å². The third-order valence-electron chi connectivity index (χ3n) is 4.27. The van der Waals surface area contributed by atoms with Gasteiger partial charge in [-0.1, -0.05) is 54.1 Å². The highest BCUT2D eigenvalue weighted by atomic mass is 35.5. The predicted octanol–water partition coefficient (Wildman–Crippen LogP) is 3.68. The monoisotopic (exact) mass is 389 g/mol. The number of hydrogen-bond donors (Lipinski definition) is 1. The van der Waals surface area contributed by atoms with Crippen LogP contribution in [-0.2, 0) is 23.1 Å². The summed E-state index contributed by atoms with van der Waals surface area (Å²) in [6, 6.07) is 16.4. The number of aromatic nitrogens is 2. The van der Waals surface area contributed by atoms with Gasteiger partial charge in [-0.15, -0.1) is 0 Å². The van der Waals surface area contributed by atoms with Gasteiger partial charge >= 0.3 is 0 Å². The minimum Gasteiger partial charge on any atom is -0.265 e. The molecule has 5 nitrogen and oxygen atoms in total. The molecule has 2 aromatic carbocycles. The smallest absolute Gasteiger partial charge is 0.242 e. The molecule has 0 fully saturated rings. The number of nitrogens with zero attached hydrogens (tertiary/aromatic N) is 2. The molecule has 7 heteroatoms. The van der Waals surface area contributed by atoms with Crippen molar-refractivity contribution in [1.82, 2.24) is 14.5 Å². The highest BCUT2D eigenvalue weighted by molar-refractivity contribution is 7.89. The van der Waals surface area contributed by atoms with Gasteiger partial charge in [0.05, 0.1) is 17.3 Å². The summed E-state index contributed by atoms with van der Waals surface area (Å²) in [6.45, 7) is 4.64. The van der Waals surface area contributed by atoms with Crippen LogP contribution >= 0.6 is 11.6 Å². The van der Waals surface area contributed by atoms with E-state index in [2.05, 4.69) is 9.82 Å². The van der Waals surface area contributed by atoms with E-state index in [4.69, 9.17) is 11.6 Å². The van der Waals surface area contributed by atoms with Gasteiger partial charge < -0.3 is 0 Å². The molecule has 1 heterocycles. The normalized spacial score (nSPS) is 11.7. The highest BCUT2D eigenvalue weighted by Crippen LogP contribution is 2.21. The van der Waals surface area contributed by atoms with Gasteiger partial charge in [-0.3, -0.25) is 4.68 Å². The lowest BCUT2D eigenvalue weighted by Gasteiger charge is -2.09. The van der Waals surface area contributed by atoms with Crippen LogP contribution in [0.2, 0.25) is 5.02 Å². The number of benzene rings is 2. The molecule has 0 unspecified atom stereocenters. The van der Waals surface area contributed by atoms with Gasteiger partial charge in [0.2, 0.25) is 10.0 Å². The summed E-state index contributed by atoms with van der Waals surface area (Å²) in [5.74, 6) is 0. The molecule has 26 heavy (non-hydrogen) atoms. The zero-order valence-corrected chi connectivity index (χ0v) is 16.2. The van der Waals surface area contributed by atoms with Crippen molar-refractivity contribution >= 4 is 21.6 Å². The van der Waals surface area contributed by atoms with Crippen molar-refractivity contribution in [3.63, 3.8) is 0 Å². The Morgan fingerprint density at radius 2 is 1.69 bits per heavy atom. The Kier molecular flexibility index (Phi) is 5.46. The van der Waals surface area contributed by atoms with Gasteiger partial charge in [0.25, 0.3) is 0 Å². The predicted molar refractivity (Wildman–Crippen MR) is 103 cm³/mol. The van der Waals surface area contributed by atoms with Crippen LogP contribution < -0.4 is 4.72 Å². The molecule has 0 aliphatic heterocycles. The van der Waals surface area contributed by atoms with Crippen molar-refractivity contribution in [1.29, 1.82) is 0 Å². The Hall–Kier alpha value is -2.15. The Bertz CT molecular complexity index is 1010. The summed E-state index contributed by atoms with van der Waals surface area (Å²) in [5.41, 5.74) is 3.76. The molecule has 3 aromatic rings. The van der Waals surface area contributed by atoms with E-state index in [9.17, 15) is 8.42 Å². The number of rotatable bonds is 6. The lowest BCUT2D eigenvalue weighted by atomic mass is 10.2. The van der Waals surface area contributed by atoms with Gasteiger partial charge in [0.1, 0.15) is 4.90 Å². The fourth-order valence-corrected chi connectivity index (χ4v) is 4.32. The number of aryl methyl sites for hydroxylation is 1. The van der Waals surface area contributed by atoms with Crippen LogP contribution in [0.5, 0.6) is 0 Å². The van der Waals surface area contributed by atoms with Gasteiger partial charge in [-0.25, -0.2) is 13.1 Å². The van der Waals surface area contributed by atoms with Crippen molar-refractivity contribution in [3.05, 3.63) is 82.1 Å². The van der Waals surface area contributed by atoms with Gasteiger partial charge in [0.15, 0.2) is 0 Å². The molecule has 0 atom stereocenters. The van der Waals surface area contributed by atoms with E-state index in [1.807, 2.05) is 48.9 Å². The molecule has 0 aliphatic rings. The van der Waals surface area contributed by atoms with Gasteiger partial charge in [-0.05, 0) is 31.5 Å². The Morgan fingerprint density at radius 3 is 2.38 bits per heavy atom. The molecule has 0 spiro atoms. The average Bonchev–Trinajstić information content (AvgIpc) is 2.88. The molecule has 0 bridgehead atoms. The van der Waals surface area contributed by atoms with Crippen LogP contribution in [0.3, 0.4) is 0 Å². The van der Waals surface area contributed by atoms with E-state index >= 15 is 0 Å². The zero-order valence-electron chi connectivity index (χ0n) is 14.6. The third-order valence-corrected chi connectivity index (χ3v) is 6.17. The fraction of sp³-hybridized carbons (Fsp3) is 0.211. The van der Waals surface area contributed by atoms with Crippen LogP contribution in [0.4, 0.5) is 0 Å². The summed E-state index contributed by atoms with van der Waals surface area (Å²) in [6.07, 6.45) is 0. The lowest BCUT2D eigenvalue weighted by Crippen LogP contribution is -2.24. The first-order valence-corrected chi connectivity index (χ1v) is 10.1. The minimum atomic E-state index is -3.69. The topological polar surface area (TPSA) is 64.0 Å². The van der Waals surface area contributed by atoms with Crippen molar-refractivity contribution in [3.8, 4) is 0 Å². The average molecular weight is 390 g/mol. The lowest BCUT2D eigenvalue weighted by molar-refractivity contribution is 0.581. The maximum atomic E-state index is 12.5. The molecule has 136 valence electrons. The van der Waals surface area contributed by atoms with E-state index in [1.165, 1.54) is 6.07 Å². The van der Waals surface area contributed by atoms with E-state index in [0.717, 1.165) is 22.5 Å². The van der Waals surface area contributed by atoms with Gasteiger partial charge in [0, 0.05) is 17.8 Å². The summed E-state index contributed by atoms with van der Waals surface area (Å²) >= 11 is 6.01.